The Balaban J connectivity index is 2.92. The lowest BCUT2D eigenvalue weighted by Crippen LogP contribution is -2.25. The van der Waals surface area contributed by atoms with Crippen molar-refractivity contribution in [2.45, 2.75) is 38.9 Å². The Kier molecular flexibility index (Phi) is 3.06. The number of aromatic nitrogens is 3. The maximum absolute atomic E-state index is 13.4. The van der Waals surface area contributed by atoms with Crippen LogP contribution in [0.4, 0.5) is 4.39 Å². The molecule has 0 amide bonds. The Morgan fingerprint density at radius 1 is 1.73 bits per heavy atom. The summed E-state index contributed by atoms with van der Waals surface area (Å²) in [6.07, 6.45) is 1.35. The van der Waals surface area contributed by atoms with E-state index in [1.807, 2.05) is 0 Å². The van der Waals surface area contributed by atoms with E-state index in [-0.39, 0.29) is 6.54 Å². The molecule has 0 aliphatic carbocycles. The maximum Gasteiger partial charge on any atom is 0.312 e. The van der Waals surface area contributed by atoms with Gasteiger partial charge >= 0.3 is 5.97 Å². The molecule has 0 aromatic carbocycles. The maximum atomic E-state index is 13.4. The first kappa shape index (κ1) is 11.6. The molecule has 0 radical (unpaired) electrons. The van der Waals surface area contributed by atoms with Crippen molar-refractivity contribution in [2.24, 2.45) is 0 Å². The number of hydrogen-bond donors (Lipinski definition) is 1. The molecule has 1 rings (SSSR count). The summed E-state index contributed by atoms with van der Waals surface area (Å²) < 4.78 is 14.7. The number of alkyl halides is 1. The largest absolute Gasteiger partial charge is 0.481 e. The smallest absolute Gasteiger partial charge is 0.312 e. The zero-order valence-electron chi connectivity index (χ0n) is 8.94. The predicted molar refractivity (Wildman–Crippen MR) is 51.3 cm³/mol. The van der Waals surface area contributed by atoms with Gasteiger partial charge in [0, 0.05) is 0 Å². The molecule has 0 spiro atoms. The van der Waals surface area contributed by atoms with Crippen LogP contribution >= 0.6 is 0 Å². The Labute approximate surface area is 86.9 Å². The molecule has 1 unspecified atom stereocenters. The summed E-state index contributed by atoms with van der Waals surface area (Å²) in [5, 5.41) is 16.1. The van der Waals surface area contributed by atoms with Crippen LogP contribution in [-0.2, 0) is 11.3 Å². The second-order valence-electron chi connectivity index (χ2n) is 4.10. The standard InChI is InChI=1S/C9H14FN3O2/c1-6(8(14)15)7-4-11-12-13(7)5-9(2,3)10/h4,6H,5H2,1-3H3,(H,14,15). The van der Waals surface area contributed by atoms with E-state index >= 15 is 0 Å². The van der Waals surface area contributed by atoms with E-state index in [1.54, 1.807) is 0 Å². The Morgan fingerprint density at radius 2 is 2.33 bits per heavy atom. The van der Waals surface area contributed by atoms with Crippen molar-refractivity contribution < 1.29 is 14.3 Å². The number of aliphatic carboxylic acids is 1. The summed E-state index contributed by atoms with van der Waals surface area (Å²) in [6.45, 7) is 4.33. The van der Waals surface area contributed by atoms with E-state index in [4.69, 9.17) is 5.11 Å². The van der Waals surface area contributed by atoms with Crippen molar-refractivity contribution in [3.8, 4) is 0 Å². The molecule has 1 N–H and O–H groups in total. The van der Waals surface area contributed by atoms with Gasteiger partial charge in [-0.05, 0) is 20.8 Å². The van der Waals surface area contributed by atoms with E-state index in [1.165, 1.54) is 31.6 Å². The highest BCUT2D eigenvalue weighted by Crippen LogP contribution is 2.17. The lowest BCUT2D eigenvalue weighted by Gasteiger charge is -2.16. The van der Waals surface area contributed by atoms with Crippen LogP contribution in [-0.4, -0.2) is 31.7 Å². The minimum absolute atomic E-state index is 0.0000463. The van der Waals surface area contributed by atoms with E-state index in [2.05, 4.69) is 10.3 Å². The molecule has 0 fully saturated rings. The first-order valence-corrected chi connectivity index (χ1v) is 4.61. The van der Waals surface area contributed by atoms with E-state index in [0.717, 1.165) is 0 Å². The summed E-state index contributed by atoms with van der Waals surface area (Å²) >= 11 is 0. The van der Waals surface area contributed by atoms with Gasteiger partial charge in [-0.25, -0.2) is 9.07 Å². The highest BCUT2D eigenvalue weighted by molar-refractivity contribution is 5.74. The topological polar surface area (TPSA) is 68.0 Å². The van der Waals surface area contributed by atoms with Gasteiger partial charge in [-0.1, -0.05) is 5.21 Å². The first-order valence-electron chi connectivity index (χ1n) is 4.61. The van der Waals surface area contributed by atoms with Crippen molar-refractivity contribution in [1.29, 1.82) is 0 Å². The van der Waals surface area contributed by atoms with Gasteiger partial charge in [0.15, 0.2) is 0 Å². The minimum Gasteiger partial charge on any atom is -0.481 e. The third-order valence-electron chi connectivity index (χ3n) is 1.99. The van der Waals surface area contributed by atoms with Crippen LogP contribution in [0, 0.1) is 0 Å². The molecule has 84 valence electrons. The molecule has 1 atom stereocenters. The average Bonchev–Trinajstić information content (AvgIpc) is 2.47. The van der Waals surface area contributed by atoms with Gasteiger partial charge in [0.05, 0.1) is 24.4 Å². The molecule has 0 bridgehead atoms. The zero-order chi connectivity index (χ0) is 11.6. The van der Waals surface area contributed by atoms with Gasteiger partial charge in [0.25, 0.3) is 0 Å². The summed E-state index contributed by atoms with van der Waals surface area (Å²) in [6, 6.07) is 0. The van der Waals surface area contributed by atoms with Gasteiger partial charge < -0.3 is 5.11 Å². The van der Waals surface area contributed by atoms with E-state index in [9.17, 15) is 9.18 Å². The number of carbonyl (C=O) groups is 1. The number of hydrogen-bond acceptors (Lipinski definition) is 3. The Bertz CT molecular complexity index is 356. The summed E-state index contributed by atoms with van der Waals surface area (Å²) in [5.41, 5.74) is -1.03. The lowest BCUT2D eigenvalue weighted by molar-refractivity contribution is -0.138. The molecule has 0 saturated heterocycles. The van der Waals surface area contributed by atoms with Crippen molar-refractivity contribution >= 4 is 5.97 Å². The fourth-order valence-corrected chi connectivity index (χ4v) is 1.21. The fourth-order valence-electron chi connectivity index (χ4n) is 1.21. The van der Waals surface area contributed by atoms with Crippen LogP contribution in [0.1, 0.15) is 32.4 Å². The highest BCUT2D eigenvalue weighted by Gasteiger charge is 2.23. The number of nitrogens with zero attached hydrogens (tertiary/aromatic N) is 3. The van der Waals surface area contributed by atoms with Gasteiger partial charge in [-0.3, -0.25) is 4.79 Å². The molecule has 1 aromatic rings. The Hall–Kier alpha value is -1.46. The molecule has 5 nitrogen and oxygen atoms in total. The van der Waals surface area contributed by atoms with Crippen LogP contribution in [0.5, 0.6) is 0 Å². The number of carboxylic acids is 1. The second kappa shape index (κ2) is 3.96. The predicted octanol–water partition coefficient (Wildman–Crippen LogP) is 1.21. The van der Waals surface area contributed by atoms with Crippen LogP contribution in [0.25, 0.3) is 0 Å². The van der Waals surface area contributed by atoms with Crippen molar-refractivity contribution in [3.05, 3.63) is 11.9 Å². The SMILES string of the molecule is CC(C(=O)O)c1cnnn1CC(C)(C)F. The fraction of sp³-hybridized carbons (Fsp3) is 0.667. The molecule has 15 heavy (non-hydrogen) atoms. The first-order chi connectivity index (χ1) is 6.81. The molecular formula is C9H14FN3O2. The summed E-state index contributed by atoms with van der Waals surface area (Å²) in [4.78, 5) is 10.8. The van der Waals surface area contributed by atoms with Crippen molar-refractivity contribution in [1.82, 2.24) is 15.0 Å². The molecular weight excluding hydrogens is 201 g/mol. The normalized spacial score (nSPS) is 13.9. The van der Waals surface area contributed by atoms with E-state index < -0.39 is 17.6 Å². The molecule has 1 aromatic heterocycles. The molecule has 0 aliphatic rings. The van der Waals surface area contributed by atoms with Crippen LogP contribution < -0.4 is 0 Å². The third kappa shape index (κ3) is 3.00. The van der Waals surface area contributed by atoms with Crippen LogP contribution in [0.3, 0.4) is 0 Å². The quantitative estimate of drug-likeness (QED) is 0.819. The van der Waals surface area contributed by atoms with Crippen molar-refractivity contribution in [3.63, 3.8) is 0 Å². The Morgan fingerprint density at radius 3 is 2.80 bits per heavy atom. The average molecular weight is 215 g/mol. The number of halogens is 1. The molecule has 0 aliphatic heterocycles. The van der Waals surface area contributed by atoms with Crippen LogP contribution in [0.15, 0.2) is 6.20 Å². The number of rotatable bonds is 4. The minimum atomic E-state index is -1.44. The molecule has 6 heteroatoms. The van der Waals surface area contributed by atoms with Gasteiger partial charge in [-0.2, -0.15) is 0 Å². The zero-order valence-corrected chi connectivity index (χ0v) is 8.94. The third-order valence-corrected chi connectivity index (χ3v) is 1.99. The molecule has 0 saturated carbocycles. The highest BCUT2D eigenvalue weighted by atomic mass is 19.1. The summed E-state index contributed by atoms with van der Waals surface area (Å²) in [7, 11) is 0. The monoisotopic (exact) mass is 215 g/mol. The van der Waals surface area contributed by atoms with E-state index in [0.29, 0.717) is 5.69 Å². The number of carboxylic acid groups (broad SMARTS) is 1. The van der Waals surface area contributed by atoms with Gasteiger partial charge in [-0.15, -0.1) is 5.10 Å². The van der Waals surface area contributed by atoms with Crippen LogP contribution in [0.2, 0.25) is 0 Å². The van der Waals surface area contributed by atoms with Gasteiger partial charge in [0.1, 0.15) is 5.67 Å². The second-order valence-corrected chi connectivity index (χ2v) is 4.10. The lowest BCUT2D eigenvalue weighted by atomic mass is 10.1. The molecule has 1 heterocycles. The van der Waals surface area contributed by atoms with Gasteiger partial charge in [0.2, 0.25) is 0 Å². The summed E-state index contributed by atoms with van der Waals surface area (Å²) in [5.74, 6) is -1.71. The van der Waals surface area contributed by atoms with Crippen molar-refractivity contribution in [2.75, 3.05) is 0 Å².